The third-order valence-corrected chi connectivity index (χ3v) is 5.14. The summed E-state index contributed by atoms with van der Waals surface area (Å²) in [5.41, 5.74) is 3.75. The zero-order valence-electron chi connectivity index (χ0n) is 17.7. The van der Waals surface area contributed by atoms with Crippen LogP contribution in [0.3, 0.4) is 0 Å². The number of carbonyl (C=O) groups excluding carboxylic acids is 2. The van der Waals surface area contributed by atoms with Crippen molar-refractivity contribution in [1.82, 2.24) is 14.6 Å². The molecule has 1 aliphatic rings. The molecule has 0 spiro atoms. The van der Waals surface area contributed by atoms with Crippen molar-refractivity contribution in [1.29, 1.82) is 0 Å². The number of rotatable bonds is 5. The van der Waals surface area contributed by atoms with Crippen molar-refractivity contribution >= 4 is 23.4 Å². The van der Waals surface area contributed by atoms with Gasteiger partial charge in [-0.1, -0.05) is 0 Å². The maximum Gasteiger partial charge on any atom is 0.374 e. The van der Waals surface area contributed by atoms with E-state index >= 15 is 0 Å². The third kappa shape index (κ3) is 4.41. The highest BCUT2D eigenvalue weighted by molar-refractivity contribution is 5.90. The second kappa shape index (κ2) is 8.63. The van der Waals surface area contributed by atoms with Crippen LogP contribution < -0.4 is 4.90 Å². The van der Waals surface area contributed by atoms with Gasteiger partial charge in [-0.05, 0) is 45.1 Å². The highest BCUT2D eigenvalue weighted by Crippen LogP contribution is 2.37. The monoisotopic (exact) mass is 400 g/mol. The first-order valence-corrected chi connectivity index (χ1v) is 9.92. The number of aromatic nitrogens is 3. The molecule has 2 aromatic rings. The minimum atomic E-state index is -0.569. The fraction of sp³-hybridized carbons (Fsp3) is 0.524. The minimum Gasteiger partial charge on any atom is -0.460 e. The van der Waals surface area contributed by atoms with Gasteiger partial charge in [-0.2, -0.15) is 9.61 Å². The zero-order chi connectivity index (χ0) is 21.1. The summed E-state index contributed by atoms with van der Waals surface area (Å²) in [5, 5.41) is 4.43. The van der Waals surface area contributed by atoms with Crippen molar-refractivity contribution in [3.63, 3.8) is 0 Å². The van der Waals surface area contributed by atoms with Gasteiger partial charge in [0.1, 0.15) is 5.82 Å². The topological polar surface area (TPSA) is 86.0 Å². The second-order valence-electron chi connectivity index (χ2n) is 7.52. The van der Waals surface area contributed by atoms with Gasteiger partial charge in [-0.25, -0.2) is 9.78 Å². The fourth-order valence-corrected chi connectivity index (χ4v) is 3.69. The quantitative estimate of drug-likeness (QED) is 0.433. The lowest BCUT2D eigenvalue weighted by atomic mass is 9.83. The molecule has 2 aromatic heterocycles. The minimum absolute atomic E-state index is 0.0572. The number of esters is 2. The molecule has 0 saturated heterocycles. The molecule has 0 bridgehead atoms. The Morgan fingerprint density at radius 3 is 2.55 bits per heavy atom. The third-order valence-electron chi connectivity index (χ3n) is 5.14. The summed E-state index contributed by atoms with van der Waals surface area (Å²) in [4.78, 5) is 30.5. The van der Waals surface area contributed by atoms with E-state index < -0.39 is 11.9 Å². The van der Waals surface area contributed by atoms with Gasteiger partial charge < -0.3 is 14.4 Å². The predicted octanol–water partition coefficient (Wildman–Crippen LogP) is 3.14. The van der Waals surface area contributed by atoms with E-state index in [1.165, 1.54) is 6.92 Å². The summed E-state index contributed by atoms with van der Waals surface area (Å²) < 4.78 is 12.1. The smallest absolute Gasteiger partial charge is 0.374 e. The van der Waals surface area contributed by atoms with Crippen LogP contribution in [0.5, 0.6) is 0 Å². The van der Waals surface area contributed by atoms with Crippen molar-refractivity contribution in [2.75, 3.05) is 25.6 Å². The predicted molar refractivity (Wildman–Crippen MR) is 109 cm³/mol. The number of anilines is 1. The largest absolute Gasteiger partial charge is 0.460 e. The van der Waals surface area contributed by atoms with Crippen LogP contribution in [-0.2, 0) is 19.1 Å². The summed E-state index contributed by atoms with van der Waals surface area (Å²) in [6, 6.07) is 2.08. The Morgan fingerprint density at radius 2 is 1.97 bits per heavy atom. The van der Waals surface area contributed by atoms with E-state index in [1.807, 2.05) is 36.6 Å². The normalized spacial score (nSPS) is 16.6. The van der Waals surface area contributed by atoms with Gasteiger partial charge in [-0.3, -0.25) is 4.79 Å². The summed E-state index contributed by atoms with van der Waals surface area (Å²) in [6.07, 6.45) is 4.79. The van der Waals surface area contributed by atoms with E-state index in [0.717, 1.165) is 41.1 Å². The molecule has 0 N–H and O–H groups in total. The van der Waals surface area contributed by atoms with Crippen LogP contribution in [-0.4, -0.2) is 47.2 Å². The van der Waals surface area contributed by atoms with Crippen LogP contribution in [0.2, 0.25) is 0 Å². The number of ether oxygens (including phenoxy) is 2. The number of fused-ring (bicyclic) bond motifs is 1. The molecule has 0 radical (unpaired) electrons. The van der Waals surface area contributed by atoms with Crippen LogP contribution >= 0.6 is 0 Å². The molecule has 0 unspecified atom stereocenters. The molecule has 0 atom stereocenters. The van der Waals surface area contributed by atoms with Crippen molar-refractivity contribution in [2.45, 2.75) is 52.4 Å². The van der Waals surface area contributed by atoms with Crippen LogP contribution in [0.25, 0.3) is 5.65 Å². The van der Waals surface area contributed by atoms with E-state index in [9.17, 15) is 9.59 Å². The molecule has 29 heavy (non-hydrogen) atoms. The highest BCUT2D eigenvalue weighted by atomic mass is 16.6. The molecule has 1 fully saturated rings. The average molecular weight is 400 g/mol. The molecule has 2 heterocycles. The van der Waals surface area contributed by atoms with E-state index in [2.05, 4.69) is 11.2 Å². The molecule has 0 aromatic carbocycles. The van der Waals surface area contributed by atoms with Crippen LogP contribution in [0, 0.1) is 6.92 Å². The van der Waals surface area contributed by atoms with E-state index in [4.69, 9.17) is 14.5 Å². The Bertz CT molecular complexity index is 951. The average Bonchev–Trinajstić information content (AvgIpc) is 3.06. The summed E-state index contributed by atoms with van der Waals surface area (Å²) in [6.45, 7) is 5.26. The lowest BCUT2D eigenvalue weighted by Crippen LogP contribution is -2.19. The molecule has 156 valence electrons. The molecule has 1 aliphatic carbocycles. The Hall–Kier alpha value is -2.90. The lowest BCUT2D eigenvalue weighted by molar-refractivity contribution is -0.150. The van der Waals surface area contributed by atoms with Crippen LogP contribution in [0.1, 0.15) is 56.7 Å². The molecule has 1 saturated carbocycles. The summed E-state index contributed by atoms with van der Waals surface area (Å²) in [7, 11) is 3.98. The number of allylic oxidation sites excluding steroid dienone is 1. The number of carbonyl (C=O) groups is 2. The molecule has 0 aliphatic heterocycles. The van der Waals surface area contributed by atoms with Crippen molar-refractivity contribution in [3.05, 3.63) is 34.9 Å². The number of nitrogens with zero attached hydrogens (tertiary/aromatic N) is 4. The van der Waals surface area contributed by atoms with Crippen molar-refractivity contribution in [3.8, 4) is 0 Å². The first kappa shape index (κ1) is 20.8. The highest BCUT2D eigenvalue weighted by Gasteiger charge is 2.27. The first-order valence-electron chi connectivity index (χ1n) is 9.92. The van der Waals surface area contributed by atoms with Crippen molar-refractivity contribution < 1.29 is 19.1 Å². The Kier molecular flexibility index (Phi) is 6.20. The lowest BCUT2D eigenvalue weighted by Gasteiger charge is -2.26. The van der Waals surface area contributed by atoms with Crippen LogP contribution in [0.15, 0.2) is 23.6 Å². The Labute approximate surface area is 170 Å². The molecule has 3 rings (SSSR count). The fourth-order valence-electron chi connectivity index (χ4n) is 3.69. The second-order valence-corrected chi connectivity index (χ2v) is 7.52. The molecule has 8 nitrogen and oxygen atoms in total. The molecular weight excluding hydrogens is 372 g/mol. The SMILES string of the molecule is CCOC(=O)C(OC(C)=O)=C1CCC(c2cc(N(C)C)n3ncc(C)c3n2)CC1. The van der Waals surface area contributed by atoms with E-state index in [1.54, 1.807) is 6.92 Å². The zero-order valence-corrected chi connectivity index (χ0v) is 17.7. The standard InChI is InChI=1S/C21H28N4O4/c1-6-28-21(27)19(29-14(3)26)16-9-7-15(8-10-16)17-11-18(24(4)5)25-20(23-17)13(2)12-22-25/h11-12,15H,6-10H2,1-5H3. The molecular formula is C21H28N4O4. The van der Waals surface area contributed by atoms with Gasteiger partial charge in [0.15, 0.2) is 5.65 Å². The number of hydrogen-bond acceptors (Lipinski definition) is 7. The number of aryl methyl sites for hydroxylation is 1. The Balaban J connectivity index is 1.87. The van der Waals surface area contributed by atoms with Crippen LogP contribution in [0.4, 0.5) is 5.82 Å². The maximum atomic E-state index is 12.2. The van der Waals surface area contributed by atoms with Gasteiger partial charge in [0.25, 0.3) is 0 Å². The van der Waals surface area contributed by atoms with Crippen molar-refractivity contribution in [2.24, 2.45) is 0 Å². The first-order chi connectivity index (χ1) is 13.8. The summed E-state index contributed by atoms with van der Waals surface area (Å²) >= 11 is 0. The van der Waals surface area contributed by atoms with Gasteiger partial charge in [-0.15, -0.1) is 0 Å². The molecule has 0 amide bonds. The van der Waals surface area contributed by atoms with E-state index in [-0.39, 0.29) is 18.3 Å². The van der Waals surface area contributed by atoms with Gasteiger partial charge >= 0.3 is 11.9 Å². The van der Waals surface area contributed by atoms with E-state index in [0.29, 0.717) is 12.8 Å². The van der Waals surface area contributed by atoms with Gasteiger partial charge in [0.05, 0.1) is 12.8 Å². The number of hydrogen-bond donors (Lipinski definition) is 0. The van der Waals surface area contributed by atoms with Gasteiger partial charge in [0.2, 0.25) is 5.76 Å². The summed E-state index contributed by atoms with van der Waals surface area (Å²) in [5.74, 6) is 0.216. The molecule has 8 heteroatoms. The Morgan fingerprint density at radius 1 is 1.28 bits per heavy atom. The maximum absolute atomic E-state index is 12.2. The van der Waals surface area contributed by atoms with Gasteiger partial charge in [0, 0.05) is 44.3 Å².